The first kappa shape index (κ1) is 17.6. The zero-order valence-corrected chi connectivity index (χ0v) is 15.8. The van der Waals surface area contributed by atoms with Gasteiger partial charge in [0.25, 0.3) is 0 Å². The molecule has 0 unspecified atom stereocenters. The minimum absolute atomic E-state index is 0.300. The molecule has 3 rings (SSSR count). The third-order valence-electron chi connectivity index (χ3n) is 3.52. The standard InChI is InChI=1S/C18H15BrFN3OS/c1-2-23(17(24)21-15-9-7-14(20)8-10-15)18-22-16(11-25-18)12-3-5-13(19)6-4-12/h3-11H,2H2,1H3,(H,21,24). The highest BCUT2D eigenvalue weighted by atomic mass is 79.9. The number of halogens is 2. The number of nitrogens with one attached hydrogen (secondary N) is 1. The lowest BCUT2D eigenvalue weighted by atomic mass is 10.2. The van der Waals surface area contributed by atoms with Gasteiger partial charge < -0.3 is 5.32 Å². The molecule has 128 valence electrons. The fourth-order valence-corrected chi connectivity index (χ4v) is 3.39. The van der Waals surface area contributed by atoms with E-state index in [1.807, 2.05) is 36.6 Å². The van der Waals surface area contributed by atoms with Crippen molar-refractivity contribution < 1.29 is 9.18 Å². The average molecular weight is 420 g/mol. The van der Waals surface area contributed by atoms with Crippen LogP contribution in [0.2, 0.25) is 0 Å². The van der Waals surface area contributed by atoms with Crippen LogP contribution in [-0.4, -0.2) is 17.6 Å². The van der Waals surface area contributed by atoms with E-state index in [9.17, 15) is 9.18 Å². The Morgan fingerprint density at radius 1 is 1.20 bits per heavy atom. The largest absolute Gasteiger partial charge is 0.328 e. The van der Waals surface area contributed by atoms with Crippen LogP contribution in [0.1, 0.15) is 6.92 Å². The van der Waals surface area contributed by atoms with Crippen LogP contribution < -0.4 is 10.2 Å². The predicted molar refractivity (Wildman–Crippen MR) is 104 cm³/mol. The molecule has 0 aliphatic heterocycles. The zero-order valence-electron chi connectivity index (χ0n) is 13.4. The van der Waals surface area contributed by atoms with E-state index in [0.717, 1.165) is 15.7 Å². The number of nitrogens with zero attached hydrogens (tertiary/aromatic N) is 2. The SMILES string of the molecule is CCN(C(=O)Nc1ccc(F)cc1)c1nc(-c2ccc(Br)cc2)cs1. The molecule has 1 heterocycles. The third kappa shape index (κ3) is 4.24. The number of aromatic nitrogens is 1. The van der Waals surface area contributed by atoms with Crippen LogP contribution in [0.5, 0.6) is 0 Å². The first-order chi connectivity index (χ1) is 12.1. The zero-order chi connectivity index (χ0) is 17.8. The lowest BCUT2D eigenvalue weighted by Gasteiger charge is -2.18. The maximum atomic E-state index is 13.0. The number of rotatable bonds is 4. The van der Waals surface area contributed by atoms with Gasteiger partial charge in [0.2, 0.25) is 0 Å². The molecule has 0 spiro atoms. The van der Waals surface area contributed by atoms with Crippen molar-refractivity contribution in [2.75, 3.05) is 16.8 Å². The topological polar surface area (TPSA) is 45.2 Å². The summed E-state index contributed by atoms with van der Waals surface area (Å²) in [7, 11) is 0. The Bertz CT molecular complexity index is 865. The van der Waals surface area contributed by atoms with Crippen molar-refractivity contribution in [2.24, 2.45) is 0 Å². The molecule has 0 saturated heterocycles. The van der Waals surface area contributed by atoms with E-state index in [1.165, 1.54) is 35.6 Å². The van der Waals surface area contributed by atoms with Crippen LogP contribution in [0.4, 0.5) is 20.0 Å². The second kappa shape index (κ2) is 7.76. The molecule has 2 aromatic carbocycles. The Kier molecular flexibility index (Phi) is 5.45. The second-order valence-electron chi connectivity index (χ2n) is 5.20. The minimum atomic E-state index is -0.343. The summed E-state index contributed by atoms with van der Waals surface area (Å²) in [6, 6.07) is 13.2. The molecule has 1 N–H and O–H groups in total. The summed E-state index contributed by atoms with van der Waals surface area (Å²) in [4.78, 5) is 18.6. The number of urea groups is 1. The van der Waals surface area contributed by atoms with Gasteiger partial charge in [0, 0.05) is 27.6 Å². The van der Waals surface area contributed by atoms with Gasteiger partial charge in [-0.25, -0.2) is 14.2 Å². The van der Waals surface area contributed by atoms with E-state index in [4.69, 9.17) is 0 Å². The third-order valence-corrected chi connectivity index (χ3v) is 4.91. The van der Waals surface area contributed by atoms with E-state index >= 15 is 0 Å². The highest BCUT2D eigenvalue weighted by Crippen LogP contribution is 2.28. The second-order valence-corrected chi connectivity index (χ2v) is 6.96. The normalized spacial score (nSPS) is 10.5. The lowest BCUT2D eigenvalue weighted by molar-refractivity contribution is 0.257. The van der Waals surface area contributed by atoms with Crippen LogP contribution in [0.15, 0.2) is 58.4 Å². The number of hydrogen-bond donors (Lipinski definition) is 1. The molecule has 7 heteroatoms. The molecule has 3 aromatic rings. The van der Waals surface area contributed by atoms with Gasteiger partial charge in [0.15, 0.2) is 5.13 Å². The van der Waals surface area contributed by atoms with Crippen molar-refractivity contribution in [3.63, 3.8) is 0 Å². The number of carbonyl (C=O) groups is 1. The van der Waals surface area contributed by atoms with Crippen LogP contribution in [0, 0.1) is 5.82 Å². The van der Waals surface area contributed by atoms with Gasteiger partial charge in [-0.2, -0.15) is 0 Å². The molecule has 0 aliphatic carbocycles. The molecule has 0 fully saturated rings. The molecule has 0 saturated carbocycles. The monoisotopic (exact) mass is 419 g/mol. The van der Waals surface area contributed by atoms with Crippen molar-refractivity contribution in [2.45, 2.75) is 6.92 Å². The van der Waals surface area contributed by atoms with Gasteiger partial charge in [-0.05, 0) is 43.3 Å². The van der Waals surface area contributed by atoms with Crippen molar-refractivity contribution in [3.05, 3.63) is 64.2 Å². The number of amides is 2. The van der Waals surface area contributed by atoms with E-state index in [2.05, 4.69) is 26.2 Å². The summed E-state index contributed by atoms with van der Waals surface area (Å²) >= 11 is 4.82. The molecule has 0 radical (unpaired) electrons. The Balaban J connectivity index is 1.77. The smallest absolute Gasteiger partial charge is 0.307 e. The van der Waals surface area contributed by atoms with Gasteiger partial charge >= 0.3 is 6.03 Å². The van der Waals surface area contributed by atoms with E-state index in [1.54, 1.807) is 4.90 Å². The fraction of sp³-hybridized carbons (Fsp3) is 0.111. The van der Waals surface area contributed by atoms with Crippen molar-refractivity contribution >= 4 is 44.1 Å². The molecular weight excluding hydrogens is 405 g/mol. The summed E-state index contributed by atoms with van der Waals surface area (Å²) in [6.07, 6.45) is 0. The number of thiazole rings is 1. The molecule has 2 amide bonds. The molecule has 0 aliphatic rings. The summed E-state index contributed by atoms with van der Waals surface area (Å²) in [5, 5.41) is 5.29. The van der Waals surface area contributed by atoms with Crippen molar-refractivity contribution in [1.82, 2.24) is 4.98 Å². The molecule has 0 atom stereocenters. The molecule has 4 nitrogen and oxygen atoms in total. The maximum absolute atomic E-state index is 13.0. The molecule has 0 bridgehead atoms. The Morgan fingerprint density at radius 3 is 2.52 bits per heavy atom. The van der Waals surface area contributed by atoms with Crippen LogP contribution in [0.25, 0.3) is 11.3 Å². The Hall–Kier alpha value is -2.25. The first-order valence-electron chi connectivity index (χ1n) is 7.62. The molecule has 25 heavy (non-hydrogen) atoms. The van der Waals surface area contributed by atoms with Gasteiger partial charge in [-0.1, -0.05) is 28.1 Å². The fourth-order valence-electron chi connectivity index (χ4n) is 2.23. The highest BCUT2D eigenvalue weighted by molar-refractivity contribution is 9.10. The van der Waals surface area contributed by atoms with E-state index in [0.29, 0.717) is 17.4 Å². The summed E-state index contributed by atoms with van der Waals surface area (Å²) in [5.74, 6) is -0.343. The molecular formula is C18H15BrFN3OS. The van der Waals surface area contributed by atoms with Gasteiger partial charge in [0.05, 0.1) is 5.69 Å². The highest BCUT2D eigenvalue weighted by Gasteiger charge is 2.18. The van der Waals surface area contributed by atoms with Crippen LogP contribution in [0.3, 0.4) is 0 Å². The summed E-state index contributed by atoms with van der Waals surface area (Å²) < 4.78 is 14.0. The van der Waals surface area contributed by atoms with Gasteiger partial charge in [0.1, 0.15) is 5.82 Å². The minimum Gasteiger partial charge on any atom is -0.307 e. The van der Waals surface area contributed by atoms with Crippen LogP contribution >= 0.6 is 27.3 Å². The van der Waals surface area contributed by atoms with Gasteiger partial charge in [-0.15, -0.1) is 11.3 Å². The maximum Gasteiger partial charge on any atom is 0.328 e. The van der Waals surface area contributed by atoms with Gasteiger partial charge in [-0.3, -0.25) is 4.90 Å². The number of carbonyl (C=O) groups excluding carboxylic acids is 1. The molecule has 1 aromatic heterocycles. The van der Waals surface area contributed by atoms with E-state index < -0.39 is 0 Å². The number of anilines is 2. The quantitative estimate of drug-likeness (QED) is 0.583. The average Bonchev–Trinajstić information content (AvgIpc) is 3.08. The summed E-state index contributed by atoms with van der Waals surface area (Å²) in [5.41, 5.74) is 2.34. The Morgan fingerprint density at radius 2 is 1.88 bits per heavy atom. The summed E-state index contributed by atoms with van der Waals surface area (Å²) in [6.45, 7) is 2.35. The first-order valence-corrected chi connectivity index (χ1v) is 9.29. The van der Waals surface area contributed by atoms with Crippen molar-refractivity contribution in [3.8, 4) is 11.3 Å². The van der Waals surface area contributed by atoms with Crippen LogP contribution in [-0.2, 0) is 0 Å². The Labute approximate surface area is 157 Å². The number of benzene rings is 2. The number of hydrogen-bond acceptors (Lipinski definition) is 3. The predicted octanol–water partition coefficient (Wildman–Crippen LogP) is 5.77. The lowest BCUT2D eigenvalue weighted by Crippen LogP contribution is -2.34. The van der Waals surface area contributed by atoms with E-state index in [-0.39, 0.29) is 11.8 Å². The van der Waals surface area contributed by atoms with Crippen molar-refractivity contribution in [1.29, 1.82) is 0 Å².